The van der Waals surface area contributed by atoms with E-state index >= 15 is 0 Å². The molecule has 6 nitrogen and oxygen atoms in total. The molecule has 166 valence electrons. The van der Waals surface area contributed by atoms with Gasteiger partial charge in [-0.1, -0.05) is 17.7 Å². The first-order valence-electron chi connectivity index (χ1n) is 10.8. The SMILES string of the molecule is COc1cc2c(cc1OC)C[NH+](CC(=O)Nc1ccc(Oc3ccc(C)cc3)cc1)CC2. The van der Waals surface area contributed by atoms with Gasteiger partial charge in [0.1, 0.15) is 18.0 Å². The van der Waals surface area contributed by atoms with E-state index in [9.17, 15) is 4.79 Å². The molecule has 1 unspecified atom stereocenters. The van der Waals surface area contributed by atoms with Crippen molar-refractivity contribution < 1.29 is 23.9 Å². The van der Waals surface area contributed by atoms with Crippen LogP contribution in [0, 0.1) is 6.92 Å². The zero-order chi connectivity index (χ0) is 22.5. The maximum Gasteiger partial charge on any atom is 0.279 e. The summed E-state index contributed by atoms with van der Waals surface area (Å²) in [5, 5.41) is 2.99. The van der Waals surface area contributed by atoms with Gasteiger partial charge in [-0.15, -0.1) is 0 Å². The highest BCUT2D eigenvalue weighted by Gasteiger charge is 2.24. The summed E-state index contributed by atoms with van der Waals surface area (Å²) in [6.07, 6.45) is 0.906. The third-order valence-electron chi connectivity index (χ3n) is 5.70. The van der Waals surface area contributed by atoms with Crippen molar-refractivity contribution in [1.82, 2.24) is 0 Å². The smallest absolute Gasteiger partial charge is 0.279 e. The normalized spacial score (nSPS) is 14.9. The minimum Gasteiger partial charge on any atom is -0.493 e. The fourth-order valence-electron chi connectivity index (χ4n) is 3.96. The van der Waals surface area contributed by atoms with Crippen LogP contribution >= 0.6 is 0 Å². The third-order valence-corrected chi connectivity index (χ3v) is 5.70. The van der Waals surface area contributed by atoms with E-state index in [0.717, 1.165) is 48.2 Å². The summed E-state index contributed by atoms with van der Waals surface area (Å²) >= 11 is 0. The molecule has 0 spiro atoms. The Morgan fingerprint density at radius 2 is 1.50 bits per heavy atom. The van der Waals surface area contributed by atoms with E-state index in [4.69, 9.17) is 14.2 Å². The third kappa shape index (κ3) is 5.21. The van der Waals surface area contributed by atoms with Gasteiger partial charge < -0.3 is 24.4 Å². The monoisotopic (exact) mass is 433 g/mol. The Kier molecular flexibility index (Phi) is 6.61. The van der Waals surface area contributed by atoms with Crippen molar-refractivity contribution in [2.45, 2.75) is 19.9 Å². The van der Waals surface area contributed by atoms with Crippen LogP contribution < -0.4 is 24.4 Å². The molecule has 3 aromatic rings. The lowest BCUT2D eigenvalue weighted by atomic mass is 9.99. The van der Waals surface area contributed by atoms with Crippen LogP contribution in [0.1, 0.15) is 16.7 Å². The van der Waals surface area contributed by atoms with Crippen molar-refractivity contribution in [3.05, 3.63) is 77.4 Å². The maximum absolute atomic E-state index is 12.6. The molecule has 2 N–H and O–H groups in total. The van der Waals surface area contributed by atoms with E-state index in [-0.39, 0.29) is 5.91 Å². The lowest BCUT2D eigenvalue weighted by Crippen LogP contribution is -3.12. The number of carbonyl (C=O) groups is 1. The van der Waals surface area contributed by atoms with Gasteiger partial charge in [0.25, 0.3) is 5.91 Å². The number of carbonyl (C=O) groups excluding carboxylic acids is 1. The van der Waals surface area contributed by atoms with Gasteiger partial charge in [-0.3, -0.25) is 4.79 Å². The molecule has 0 aliphatic carbocycles. The Bertz CT molecular complexity index is 1080. The van der Waals surface area contributed by atoms with E-state index in [1.54, 1.807) is 14.2 Å². The van der Waals surface area contributed by atoms with Gasteiger partial charge in [-0.2, -0.15) is 0 Å². The van der Waals surface area contributed by atoms with E-state index in [2.05, 4.69) is 5.32 Å². The predicted octanol–water partition coefficient (Wildman–Crippen LogP) is 3.38. The number of amides is 1. The van der Waals surface area contributed by atoms with Crippen LogP contribution in [0.2, 0.25) is 0 Å². The topological polar surface area (TPSA) is 61.2 Å². The van der Waals surface area contributed by atoms with E-state index in [1.807, 2.05) is 67.6 Å². The van der Waals surface area contributed by atoms with Crippen LogP contribution in [-0.4, -0.2) is 33.2 Å². The molecule has 6 heteroatoms. The molecule has 0 bridgehead atoms. The Morgan fingerprint density at radius 3 is 2.12 bits per heavy atom. The number of nitrogens with one attached hydrogen (secondary N) is 2. The number of quaternary nitrogens is 1. The largest absolute Gasteiger partial charge is 0.493 e. The molecular weight excluding hydrogens is 404 g/mol. The minimum absolute atomic E-state index is 0.00358. The molecular formula is C26H29N2O4+. The molecule has 1 atom stereocenters. The Hall–Kier alpha value is -3.51. The highest BCUT2D eigenvalue weighted by Crippen LogP contribution is 2.31. The Morgan fingerprint density at radius 1 is 0.906 bits per heavy atom. The summed E-state index contributed by atoms with van der Waals surface area (Å²) in [5.74, 6) is 2.99. The van der Waals surface area contributed by atoms with Gasteiger partial charge in [0.15, 0.2) is 18.0 Å². The molecule has 32 heavy (non-hydrogen) atoms. The van der Waals surface area contributed by atoms with E-state index in [1.165, 1.54) is 21.6 Å². The second kappa shape index (κ2) is 9.75. The van der Waals surface area contributed by atoms with Gasteiger partial charge in [0.05, 0.1) is 20.8 Å². The van der Waals surface area contributed by atoms with Gasteiger partial charge in [-0.25, -0.2) is 0 Å². The summed E-state index contributed by atoms with van der Waals surface area (Å²) in [6, 6.07) is 19.4. The summed E-state index contributed by atoms with van der Waals surface area (Å²) in [5.41, 5.74) is 4.41. The number of anilines is 1. The minimum atomic E-state index is -0.00358. The Balaban J connectivity index is 1.32. The van der Waals surface area contributed by atoms with Crippen molar-refractivity contribution >= 4 is 11.6 Å². The maximum atomic E-state index is 12.6. The molecule has 1 amide bonds. The Labute approximate surface area is 188 Å². The highest BCUT2D eigenvalue weighted by molar-refractivity contribution is 5.91. The summed E-state index contributed by atoms with van der Waals surface area (Å²) in [6.45, 7) is 4.14. The molecule has 3 aromatic carbocycles. The van der Waals surface area contributed by atoms with Crippen molar-refractivity contribution in [3.63, 3.8) is 0 Å². The van der Waals surface area contributed by atoms with Gasteiger partial charge in [-0.05, 0) is 61.0 Å². The van der Waals surface area contributed by atoms with E-state index in [0.29, 0.717) is 6.54 Å². The number of aryl methyl sites for hydroxylation is 1. The van der Waals surface area contributed by atoms with Crippen LogP contribution in [-0.2, 0) is 17.8 Å². The predicted molar refractivity (Wildman–Crippen MR) is 124 cm³/mol. The van der Waals surface area contributed by atoms with Crippen LogP contribution in [0.4, 0.5) is 5.69 Å². The van der Waals surface area contributed by atoms with Gasteiger partial charge >= 0.3 is 0 Å². The molecule has 1 heterocycles. The lowest BCUT2D eigenvalue weighted by molar-refractivity contribution is -0.907. The van der Waals surface area contributed by atoms with Crippen molar-refractivity contribution in [2.75, 3.05) is 32.6 Å². The molecule has 0 saturated heterocycles. The molecule has 0 saturated carbocycles. The van der Waals surface area contributed by atoms with Gasteiger partial charge in [0.2, 0.25) is 0 Å². The number of rotatable bonds is 7. The molecule has 0 fully saturated rings. The van der Waals surface area contributed by atoms with Crippen molar-refractivity contribution in [1.29, 1.82) is 0 Å². The summed E-state index contributed by atoms with van der Waals surface area (Å²) < 4.78 is 16.7. The summed E-state index contributed by atoms with van der Waals surface area (Å²) in [4.78, 5) is 13.8. The molecule has 0 radical (unpaired) electrons. The van der Waals surface area contributed by atoms with Crippen LogP contribution in [0.25, 0.3) is 0 Å². The molecule has 1 aliphatic heterocycles. The lowest BCUT2D eigenvalue weighted by Gasteiger charge is -2.26. The standard InChI is InChI=1S/C26H28N2O4/c1-18-4-8-22(9-5-18)32-23-10-6-21(7-11-23)27-26(29)17-28-13-12-19-14-24(30-2)25(31-3)15-20(19)16-28/h4-11,14-15H,12-13,16-17H2,1-3H3,(H,27,29)/p+1. The number of methoxy groups -OCH3 is 2. The average Bonchev–Trinajstić information content (AvgIpc) is 2.80. The zero-order valence-electron chi connectivity index (χ0n) is 18.7. The molecule has 4 rings (SSSR count). The second-order valence-corrected chi connectivity index (χ2v) is 8.07. The molecule has 0 aromatic heterocycles. The highest BCUT2D eigenvalue weighted by atomic mass is 16.5. The number of hydrogen-bond donors (Lipinski definition) is 2. The summed E-state index contributed by atoms with van der Waals surface area (Å²) in [7, 11) is 3.29. The number of fused-ring (bicyclic) bond motifs is 1. The van der Waals surface area contributed by atoms with Crippen LogP contribution in [0.3, 0.4) is 0 Å². The van der Waals surface area contributed by atoms with Gasteiger partial charge in [0, 0.05) is 17.7 Å². The van der Waals surface area contributed by atoms with Crippen LogP contribution in [0.15, 0.2) is 60.7 Å². The fraction of sp³-hybridized carbons (Fsp3) is 0.269. The fourth-order valence-corrected chi connectivity index (χ4v) is 3.96. The number of benzene rings is 3. The first-order valence-corrected chi connectivity index (χ1v) is 10.8. The van der Waals surface area contributed by atoms with E-state index < -0.39 is 0 Å². The first-order chi connectivity index (χ1) is 15.5. The molecule has 1 aliphatic rings. The first kappa shape index (κ1) is 21.7. The average molecular weight is 434 g/mol. The van der Waals surface area contributed by atoms with Crippen molar-refractivity contribution in [2.24, 2.45) is 0 Å². The van der Waals surface area contributed by atoms with Crippen LogP contribution in [0.5, 0.6) is 23.0 Å². The zero-order valence-corrected chi connectivity index (χ0v) is 18.7. The number of hydrogen-bond acceptors (Lipinski definition) is 4. The quantitative estimate of drug-likeness (QED) is 0.600. The number of ether oxygens (including phenoxy) is 3. The second-order valence-electron chi connectivity index (χ2n) is 8.07. The van der Waals surface area contributed by atoms with Crippen molar-refractivity contribution in [3.8, 4) is 23.0 Å².